The number of fused-ring (bicyclic) bond motifs is 1. The number of hydrogen-bond acceptors (Lipinski definition) is 6. The molecule has 2 fully saturated rings. The molecule has 3 aliphatic rings. The Balaban J connectivity index is 1.42. The second kappa shape index (κ2) is 10.2. The van der Waals surface area contributed by atoms with Crippen molar-refractivity contribution in [3.8, 4) is 0 Å². The van der Waals surface area contributed by atoms with E-state index in [1.54, 1.807) is 6.08 Å². The maximum atomic E-state index is 13.4. The number of nitrogens with zero attached hydrogens (tertiary/aromatic N) is 1. The largest absolute Gasteiger partial charge is 0.434 e. The van der Waals surface area contributed by atoms with Crippen LogP contribution in [0.5, 0.6) is 0 Å². The van der Waals surface area contributed by atoms with Crippen LogP contribution in [0.15, 0.2) is 36.4 Å². The quantitative estimate of drug-likeness (QED) is 0.359. The van der Waals surface area contributed by atoms with Crippen LogP contribution in [0.1, 0.15) is 37.7 Å². The molecule has 0 aromatic heterocycles. The summed E-state index contributed by atoms with van der Waals surface area (Å²) < 4.78 is 42.9. The molecule has 4 amide bonds. The van der Waals surface area contributed by atoms with Crippen LogP contribution in [-0.4, -0.2) is 64.3 Å². The first-order valence-electron chi connectivity index (χ1n) is 11.4. The van der Waals surface area contributed by atoms with Crippen molar-refractivity contribution in [2.45, 2.75) is 68.7 Å². The lowest BCUT2D eigenvalue weighted by Crippen LogP contribution is -2.57. The summed E-state index contributed by atoms with van der Waals surface area (Å²) in [5.41, 5.74) is -0.753. The Morgan fingerprint density at radius 3 is 2.36 bits per heavy atom. The van der Waals surface area contributed by atoms with E-state index in [0.29, 0.717) is 19.3 Å². The molecule has 4 rings (SSSR count). The molecule has 13 heteroatoms. The number of esters is 1. The number of aliphatic hydroxyl groups excluding tert-OH is 1. The van der Waals surface area contributed by atoms with Gasteiger partial charge in [0, 0.05) is 11.7 Å². The number of anilines is 1. The second-order valence-corrected chi connectivity index (χ2v) is 8.86. The van der Waals surface area contributed by atoms with E-state index in [-0.39, 0.29) is 24.6 Å². The van der Waals surface area contributed by atoms with Gasteiger partial charge in [-0.2, -0.15) is 13.2 Å². The maximum Gasteiger partial charge on any atom is 0.416 e. The number of ether oxygens (including phenoxy) is 1. The summed E-state index contributed by atoms with van der Waals surface area (Å²) in [6.45, 7) is 0. The minimum absolute atomic E-state index is 0.109. The van der Waals surface area contributed by atoms with Gasteiger partial charge < -0.3 is 30.7 Å². The van der Waals surface area contributed by atoms with Gasteiger partial charge in [-0.05, 0) is 49.9 Å². The third kappa shape index (κ3) is 5.61. The molecule has 5 atom stereocenters. The number of urea groups is 1. The van der Waals surface area contributed by atoms with Crippen LogP contribution < -0.4 is 16.0 Å². The Morgan fingerprint density at radius 2 is 1.72 bits per heavy atom. The SMILES string of the molecule is O=C(Nc1ccc(C(F)(F)F)cc1)N[C@H]1CC=CC[C@@H]2CC[C@@H](C(=O)NC3CC(=O)OC3O)N2C1=O. The third-order valence-corrected chi connectivity index (χ3v) is 6.39. The van der Waals surface area contributed by atoms with Crippen molar-refractivity contribution < 1.29 is 42.2 Å². The molecule has 2 saturated heterocycles. The average molecular weight is 510 g/mol. The van der Waals surface area contributed by atoms with Gasteiger partial charge in [0.25, 0.3) is 0 Å². The van der Waals surface area contributed by atoms with Gasteiger partial charge in [0.15, 0.2) is 0 Å². The van der Waals surface area contributed by atoms with E-state index in [0.717, 1.165) is 24.3 Å². The Bertz CT molecular complexity index is 1060. The number of aliphatic hydroxyl groups is 1. The molecule has 0 aliphatic carbocycles. The zero-order chi connectivity index (χ0) is 26.0. The molecule has 0 radical (unpaired) electrons. The second-order valence-electron chi connectivity index (χ2n) is 8.86. The van der Waals surface area contributed by atoms with Gasteiger partial charge in [-0.1, -0.05) is 12.2 Å². The lowest BCUT2D eigenvalue weighted by molar-refractivity contribution is -0.155. The summed E-state index contributed by atoms with van der Waals surface area (Å²) in [6, 6.07) is -0.00259. The van der Waals surface area contributed by atoms with Crippen molar-refractivity contribution in [2.24, 2.45) is 0 Å². The number of halogens is 3. The minimum Gasteiger partial charge on any atom is -0.434 e. The summed E-state index contributed by atoms with van der Waals surface area (Å²) in [4.78, 5) is 51.7. The van der Waals surface area contributed by atoms with Crippen molar-refractivity contribution in [3.63, 3.8) is 0 Å². The Kier molecular flexibility index (Phi) is 7.20. The number of hydrogen-bond donors (Lipinski definition) is 4. The molecule has 3 heterocycles. The number of benzene rings is 1. The number of cyclic esters (lactones) is 1. The number of nitrogens with one attached hydrogen (secondary N) is 3. The van der Waals surface area contributed by atoms with E-state index >= 15 is 0 Å². The molecule has 0 spiro atoms. The maximum absolute atomic E-state index is 13.4. The van der Waals surface area contributed by atoms with Crippen LogP contribution in [-0.2, 0) is 25.3 Å². The van der Waals surface area contributed by atoms with E-state index in [2.05, 4.69) is 20.7 Å². The number of carbonyl (C=O) groups excluding carboxylic acids is 4. The zero-order valence-electron chi connectivity index (χ0n) is 19.0. The third-order valence-electron chi connectivity index (χ3n) is 6.39. The fraction of sp³-hybridized carbons (Fsp3) is 0.478. The van der Waals surface area contributed by atoms with Crippen LogP contribution in [0.25, 0.3) is 0 Å². The number of rotatable bonds is 4. The van der Waals surface area contributed by atoms with Crippen molar-refractivity contribution >= 4 is 29.5 Å². The molecule has 3 aliphatic heterocycles. The molecule has 10 nitrogen and oxygen atoms in total. The summed E-state index contributed by atoms with van der Waals surface area (Å²) in [5, 5.41) is 17.3. The lowest BCUT2D eigenvalue weighted by Gasteiger charge is -2.34. The Morgan fingerprint density at radius 1 is 1.03 bits per heavy atom. The molecule has 0 saturated carbocycles. The van der Waals surface area contributed by atoms with Crippen LogP contribution in [0.4, 0.5) is 23.7 Å². The predicted molar refractivity (Wildman–Crippen MR) is 118 cm³/mol. The Hall–Kier alpha value is -3.61. The van der Waals surface area contributed by atoms with Gasteiger partial charge in [0.05, 0.1) is 12.0 Å². The van der Waals surface area contributed by atoms with Crippen LogP contribution in [0.3, 0.4) is 0 Å². The van der Waals surface area contributed by atoms with Gasteiger partial charge >= 0.3 is 18.2 Å². The zero-order valence-corrected chi connectivity index (χ0v) is 19.0. The highest BCUT2D eigenvalue weighted by Gasteiger charge is 2.45. The molecule has 1 aromatic carbocycles. The topological polar surface area (TPSA) is 137 Å². The van der Waals surface area contributed by atoms with Gasteiger partial charge in [0.1, 0.15) is 18.1 Å². The summed E-state index contributed by atoms with van der Waals surface area (Å²) >= 11 is 0. The average Bonchev–Trinajstić information content (AvgIpc) is 3.36. The van der Waals surface area contributed by atoms with Gasteiger partial charge in [-0.15, -0.1) is 0 Å². The standard InChI is InChI=1S/C23H25F3N4O6/c24-23(25,26)12-5-7-13(8-6-12)27-22(35)29-15-4-2-1-3-14-9-10-17(30(14)20(15)33)19(32)28-16-11-18(31)36-21(16)34/h1-2,5-8,14-17,21,34H,3-4,9-11H2,(H,28,32)(H2,27,29,35)/t14-,15+,16?,17+,21?/m1/s1. The van der Waals surface area contributed by atoms with Crippen LogP contribution in [0.2, 0.25) is 0 Å². The normalized spacial score (nSPS) is 28.1. The van der Waals surface area contributed by atoms with Gasteiger partial charge in [-0.3, -0.25) is 14.4 Å². The van der Waals surface area contributed by atoms with Crippen molar-refractivity contribution in [1.82, 2.24) is 15.5 Å². The van der Waals surface area contributed by atoms with E-state index < -0.39 is 60.0 Å². The fourth-order valence-corrected chi connectivity index (χ4v) is 4.61. The predicted octanol–water partition coefficient (Wildman–Crippen LogP) is 1.66. The highest BCUT2D eigenvalue weighted by Crippen LogP contribution is 2.31. The van der Waals surface area contributed by atoms with E-state index in [1.165, 1.54) is 4.90 Å². The van der Waals surface area contributed by atoms with E-state index in [4.69, 9.17) is 0 Å². The van der Waals surface area contributed by atoms with Gasteiger partial charge in [-0.25, -0.2) is 4.79 Å². The summed E-state index contributed by atoms with van der Waals surface area (Å²) in [7, 11) is 0. The minimum atomic E-state index is -4.51. The van der Waals surface area contributed by atoms with Gasteiger partial charge in [0.2, 0.25) is 18.1 Å². The Labute approximate surface area is 203 Å². The molecule has 0 bridgehead atoms. The smallest absolute Gasteiger partial charge is 0.416 e. The molecular weight excluding hydrogens is 485 g/mol. The highest BCUT2D eigenvalue weighted by atomic mass is 19.4. The van der Waals surface area contributed by atoms with Crippen molar-refractivity contribution in [3.05, 3.63) is 42.0 Å². The number of amides is 4. The summed E-state index contributed by atoms with van der Waals surface area (Å²) in [6.07, 6.45) is -0.968. The number of alkyl halides is 3. The van der Waals surface area contributed by atoms with Crippen LogP contribution >= 0.6 is 0 Å². The van der Waals surface area contributed by atoms with Crippen molar-refractivity contribution in [1.29, 1.82) is 0 Å². The van der Waals surface area contributed by atoms with Crippen molar-refractivity contribution in [2.75, 3.05) is 5.32 Å². The summed E-state index contributed by atoms with van der Waals surface area (Å²) in [5.74, 6) is -1.66. The molecule has 2 unspecified atom stereocenters. The monoisotopic (exact) mass is 510 g/mol. The fourth-order valence-electron chi connectivity index (χ4n) is 4.61. The van der Waals surface area contributed by atoms with E-state index in [1.807, 2.05) is 6.08 Å². The molecule has 194 valence electrons. The highest BCUT2D eigenvalue weighted by molar-refractivity contribution is 5.96. The first kappa shape index (κ1) is 25.5. The molecular formula is C23H25F3N4O6. The number of carbonyl (C=O) groups is 4. The van der Waals surface area contributed by atoms with E-state index in [9.17, 15) is 37.5 Å². The first-order chi connectivity index (χ1) is 17.0. The first-order valence-corrected chi connectivity index (χ1v) is 11.4. The molecule has 36 heavy (non-hydrogen) atoms. The molecule has 1 aromatic rings. The van der Waals surface area contributed by atoms with Crippen LogP contribution in [0, 0.1) is 0 Å². The lowest BCUT2D eigenvalue weighted by atomic mass is 10.0. The molecule has 4 N–H and O–H groups in total.